The minimum atomic E-state index is -3.71. The quantitative estimate of drug-likeness (QED) is 0.855. The maximum absolute atomic E-state index is 12.2. The van der Waals surface area contributed by atoms with Gasteiger partial charge in [0.05, 0.1) is 17.9 Å². The summed E-state index contributed by atoms with van der Waals surface area (Å²) in [4.78, 5) is 14.0. The molecule has 1 amide bonds. The van der Waals surface area contributed by atoms with E-state index in [2.05, 4.69) is 14.9 Å². The SMILES string of the molecule is Cc1n[nH]c(C)c1S(=O)(=O)NCC(=O)N1CCCCCC1. The predicted octanol–water partition coefficient (Wildman–Crippen LogP) is 0.707. The normalized spacial score (nSPS) is 16.8. The first-order chi connectivity index (χ1) is 9.92. The lowest BCUT2D eigenvalue weighted by Gasteiger charge is -2.20. The maximum atomic E-state index is 12.2. The fraction of sp³-hybridized carbons (Fsp3) is 0.692. The van der Waals surface area contributed by atoms with Gasteiger partial charge in [-0.05, 0) is 26.7 Å². The van der Waals surface area contributed by atoms with E-state index in [1.54, 1.807) is 18.7 Å². The molecule has 7 nitrogen and oxygen atoms in total. The molecule has 2 N–H and O–H groups in total. The van der Waals surface area contributed by atoms with Crippen molar-refractivity contribution >= 4 is 15.9 Å². The van der Waals surface area contributed by atoms with Gasteiger partial charge in [0.2, 0.25) is 15.9 Å². The summed E-state index contributed by atoms with van der Waals surface area (Å²) in [5.74, 6) is -0.167. The third-order valence-electron chi connectivity index (χ3n) is 3.70. The summed E-state index contributed by atoms with van der Waals surface area (Å²) in [6, 6.07) is 0. The van der Waals surface area contributed by atoms with Crippen molar-refractivity contribution in [1.82, 2.24) is 19.8 Å². The number of aromatic amines is 1. The standard InChI is InChI=1S/C13H22N4O3S/c1-10-13(11(2)16-15-10)21(19,20)14-9-12(18)17-7-5-3-4-6-8-17/h14H,3-9H2,1-2H3,(H,15,16). The molecule has 1 fully saturated rings. The summed E-state index contributed by atoms with van der Waals surface area (Å²) in [6.07, 6.45) is 4.22. The van der Waals surface area contributed by atoms with Gasteiger partial charge in [-0.25, -0.2) is 13.1 Å². The van der Waals surface area contributed by atoms with Crippen LogP contribution in [0, 0.1) is 13.8 Å². The Labute approximate surface area is 125 Å². The van der Waals surface area contributed by atoms with Gasteiger partial charge in [0.1, 0.15) is 4.90 Å². The number of sulfonamides is 1. The second-order valence-corrected chi connectivity index (χ2v) is 7.09. The molecule has 21 heavy (non-hydrogen) atoms. The van der Waals surface area contributed by atoms with E-state index in [9.17, 15) is 13.2 Å². The molecule has 0 saturated carbocycles. The summed E-state index contributed by atoms with van der Waals surface area (Å²) >= 11 is 0. The topological polar surface area (TPSA) is 95.2 Å². The van der Waals surface area contributed by atoms with Crippen LogP contribution < -0.4 is 4.72 Å². The molecule has 0 unspecified atom stereocenters. The molecule has 1 aliphatic heterocycles. The number of amides is 1. The van der Waals surface area contributed by atoms with Crippen molar-refractivity contribution in [3.63, 3.8) is 0 Å². The van der Waals surface area contributed by atoms with Crippen molar-refractivity contribution in [3.05, 3.63) is 11.4 Å². The van der Waals surface area contributed by atoms with Gasteiger partial charge in [-0.1, -0.05) is 12.8 Å². The highest BCUT2D eigenvalue weighted by atomic mass is 32.2. The highest BCUT2D eigenvalue weighted by molar-refractivity contribution is 7.89. The largest absolute Gasteiger partial charge is 0.342 e. The van der Waals surface area contributed by atoms with E-state index in [0.717, 1.165) is 25.7 Å². The average Bonchev–Trinajstić information content (AvgIpc) is 2.67. The highest BCUT2D eigenvalue weighted by Gasteiger charge is 2.24. The van der Waals surface area contributed by atoms with Crippen LogP contribution in [0.1, 0.15) is 37.1 Å². The smallest absolute Gasteiger partial charge is 0.244 e. The van der Waals surface area contributed by atoms with E-state index < -0.39 is 10.0 Å². The summed E-state index contributed by atoms with van der Waals surface area (Å²) in [5, 5.41) is 6.51. The Morgan fingerprint density at radius 3 is 2.38 bits per heavy atom. The Hall–Kier alpha value is -1.41. The van der Waals surface area contributed by atoms with Crippen LogP contribution in [0.4, 0.5) is 0 Å². The summed E-state index contributed by atoms with van der Waals surface area (Å²) in [6.45, 7) is 4.49. The number of likely N-dealkylation sites (tertiary alicyclic amines) is 1. The fourth-order valence-corrected chi connectivity index (χ4v) is 3.94. The molecule has 1 saturated heterocycles. The predicted molar refractivity (Wildman–Crippen MR) is 78.3 cm³/mol. The van der Waals surface area contributed by atoms with Gasteiger partial charge in [0, 0.05) is 13.1 Å². The Morgan fingerprint density at radius 2 is 1.86 bits per heavy atom. The first kappa shape index (κ1) is 16.0. The lowest BCUT2D eigenvalue weighted by molar-refractivity contribution is -0.129. The number of carbonyl (C=O) groups excluding carboxylic acids is 1. The molecule has 2 heterocycles. The van der Waals surface area contributed by atoms with Crippen LogP contribution in [-0.4, -0.2) is 49.1 Å². The molecule has 0 bridgehead atoms. The number of H-pyrrole nitrogens is 1. The molecule has 0 spiro atoms. The number of aryl methyl sites for hydroxylation is 2. The third-order valence-corrected chi connectivity index (χ3v) is 5.36. The van der Waals surface area contributed by atoms with Crippen molar-refractivity contribution < 1.29 is 13.2 Å². The van der Waals surface area contributed by atoms with Gasteiger partial charge in [0.15, 0.2) is 0 Å². The van der Waals surface area contributed by atoms with Crippen molar-refractivity contribution in [2.24, 2.45) is 0 Å². The molecule has 118 valence electrons. The van der Waals surface area contributed by atoms with Crippen LogP contribution in [0.25, 0.3) is 0 Å². The monoisotopic (exact) mass is 314 g/mol. The summed E-state index contributed by atoms with van der Waals surface area (Å²) in [5.41, 5.74) is 0.879. The number of hydrogen-bond acceptors (Lipinski definition) is 4. The highest BCUT2D eigenvalue weighted by Crippen LogP contribution is 2.16. The molecular formula is C13H22N4O3S. The molecule has 0 atom stereocenters. The summed E-state index contributed by atoms with van der Waals surface area (Å²) < 4.78 is 26.9. The average molecular weight is 314 g/mol. The molecule has 0 radical (unpaired) electrons. The zero-order valence-electron chi connectivity index (χ0n) is 12.5. The molecule has 0 aromatic carbocycles. The van der Waals surface area contributed by atoms with Crippen molar-refractivity contribution in [3.8, 4) is 0 Å². The van der Waals surface area contributed by atoms with Gasteiger partial charge in [-0.3, -0.25) is 9.89 Å². The molecule has 8 heteroatoms. The molecule has 1 aromatic rings. The summed E-state index contributed by atoms with van der Waals surface area (Å²) in [7, 11) is -3.71. The number of nitrogens with one attached hydrogen (secondary N) is 2. The minimum absolute atomic E-state index is 0.131. The first-order valence-electron chi connectivity index (χ1n) is 7.21. The van der Waals surface area contributed by atoms with E-state index in [0.29, 0.717) is 24.5 Å². The van der Waals surface area contributed by atoms with Crippen LogP contribution in [-0.2, 0) is 14.8 Å². The minimum Gasteiger partial charge on any atom is -0.342 e. The van der Waals surface area contributed by atoms with E-state index in [-0.39, 0.29) is 17.3 Å². The Kier molecular flexibility index (Phi) is 5.00. The molecule has 0 aliphatic carbocycles. The fourth-order valence-electron chi connectivity index (χ4n) is 2.60. The first-order valence-corrected chi connectivity index (χ1v) is 8.69. The van der Waals surface area contributed by atoms with E-state index >= 15 is 0 Å². The zero-order chi connectivity index (χ0) is 15.5. The van der Waals surface area contributed by atoms with Crippen LogP contribution in [0.2, 0.25) is 0 Å². The Balaban J connectivity index is 2.00. The molecule has 1 aliphatic rings. The lowest BCUT2D eigenvalue weighted by atomic mass is 10.2. The van der Waals surface area contributed by atoms with Crippen molar-refractivity contribution in [1.29, 1.82) is 0 Å². The lowest BCUT2D eigenvalue weighted by Crippen LogP contribution is -2.40. The van der Waals surface area contributed by atoms with Gasteiger partial charge in [-0.2, -0.15) is 5.10 Å². The number of nitrogens with zero attached hydrogens (tertiary/aromatic N) is 2. The number of aromatic nitrogens is 2. The van der Waals surface area contributed by atoms with Crippen LogP contribution >= 0.6 is 0 Å². The van der Waals surface area contributed by atoms with Crippen molar-refractivity contribution in [2.45, 2.75) is 44.4 Å². The molecular weight excluding hydrogens is 292 g/mol. The number of rotatable bonds is 4. The Bertz CT molecular complexity index is 581. The van der Waals surface area contributed by atoms with E-state index in [1.807, 2.05) is 0 Å². The number of carbonyl (C=O) groups is 1. The Morgan fingerprint density at radius 1 is 1.24 bits per heavy atom. The number of hydrogen-bond donors (Lipinski definition) is 2. The third kappa shape index (κ3) is 3.82. The van der Waals surface area contributed by atoms with Gasteiger partial charge in [0.25, 0.3) is 0 Å². The van der Waals surface area contributed by atoms with Crippen LogP contribution in [0.5, 0.6) is 0 Å². The van der Waals surface area contributed by atoms with E-state index in [4.69, 9.17) is 0 Å². The van der Waals surface area contributed by atoms with Crippen LogP contribution in [0.3, 0.4) is 0 Å². The van der Waals surface area contributed by atoms with Crippen molar-refractivity contribution in [2.75, 3.05) is 19.6 Å². The molecule has 1 aromatic heterocycles. The maximum Gasteiger partial charge on any atom is 0.244 e. The second-order valence-electron chi connectivity index (χ2n) is 5.38. The van der Waals surface area contributed by atoms with E-state index in [1.165, 1.54) is 0 Å². The van der Waals surface area contributed by atoms with Gasteiger partial charge in [-0.15, -0.1) is 0 Å². The van der Waals surface area contributed by atoms with Gasteiger partial charge < -0.3 is 4.90 Å². The zero-order valence-corrected chi connectivity index (χ0v) is 13.3. The second kappa shape index (κ2) is 6.57. The molecule has 2 rings (SSSR count). The van der Waals surface area contributed by atoms with Crippen LogP contribution in [0.15, 0.2) is 4.90 Å². The van der Waals surface area contributed by atoms with Gasteiger partial charge >= 0.3 is 0 Å².